The molecule has 102 valence electrons. The molecule has 6 heteroatoms. The summed E-state index contributed by atoms with van der Waals surface area (Å²) in [4.78, 5) is 11.6. The molecule has 2 rings (SSSR count). The number of aromatic hydroxyl groups is 1. The van der Waals surface area contributed by atoms with Crippen LogP contribution in [-0.2, 0) is 14.3 Å². The zero-order chi connectivity index (χ0) is 13.7. The number of ether oxygens (including phenoxy) is 2. The summed E-state index contributed by atoms with van der Waals surface area (Å²) in [6, 6.07) is 6.47. The van der Waals surface area contributed by atoms with E-state index in [0.717, 1.165) is 5.56 Å². The highest BCUT2D eigenvalue weighted by atomic mass is 16.7. The molecule has 0 aliphatic carbocycles. The van der Waals surface area contributed by atoms with Crippen molar-refractivity contribution in [3.05, 3.63) is 29.8 Å². The fraction of sp³-hybridized carbons (Fsp3) is 0.385. The number of phenols is 1. The van der Waals surface area contributed by atoms with Gasteiger partial charge in [-0.05, 0) is 36.8 Å². The van der Waals surface area contributed by atoms with Gasteiger partial charge in [0.05, 0.1) is 25.8 Å². The Labute approximate surface area is 111 Å². The van der Waals surface area contributed by atoms with Gasteiger partial charge in [-0.3, -0.25) is 4.79 Å². The number of carbonyl (C=O) groups excluding carboxylic acids is 1. The van der Waals surface area contributed by atoms with Crippen LogP contribution < -0.4 is 5.43 Å². The summed E-state index contributed by atoms with van der Waals surface area (Å²) >= 11 is 0. The van der Waals surface area contributed by atoms with E-state index in [9.17, 15) is 4.79 Å². The topological polar surface area (TPSA) is 80.2 Å². The molecule has 1 saturated heterocycles. The van der Waals surface area contributed by atoms with Crippen LogP contribution in [0.4, 0.5) is 0 Å². The van der Waals surface area contributed by atoms with E-state index in [1.807, 2.05) is 0 Å². The van der Waals surface area contributed by atoms with E-state index in [1.54, 1.807) is 31.2 Å². The van der Waals surface area contributed by atoms with Crippen LogP contribution in [0.1, 0.15) is 18.9 Å². The average molecular weight is 264 g/mol. The minimum Gasteiger partial charge on any atom is -0.508 e. The molecular formula is C13H16N2O4. The first-order valence-electron chi connectivity index (χ1n) is 5.96. The molecule has 2 N–H and O–H groups in total. The van der Waals surface area contributed by atoms with Crippen molar-refractivity contribution in [2.45, 2.75) is 19.1 Å². The van der Waals surface area contributed by atoms with Crippen molar-refractivity contribution in [3.8, 4) is 5.75 Å². The van der Waals surface area contributed by atoms with Crippen molar-refractivity contribution in [1.29, 1.82) is 0 Å². The van der Waals surface area contributed by atoms with Crippen molar-refractivity contribution >= 4 is 12.1 Å². The van der Waals surface area contributed by atoms with Crippen LogP contribution in [0.3, 0.4) is 0 Å². The standard InChI is InChI=1S/C13H16N2O4/c1-13(18-6-7-19-13)8-12(17)15-14-9-10-2-4-11(16)5-3-10/h2-5,9,16H,6-8H2,1H3,(H,15,17)/b14-9-. The van der Waals surface area contributed by atoms with Crippen molar-refractivity contribution in [1.82, 2.24) is 5.43 Å². The van der Waals surface area contributed by atoms with E-state index >= 15 is 0 Å². The van der Waals surface area contributed by atoms with Gasteiger partial charge in [0.1, 0.15) is 5.75 Å². The molecule has 0 radical (unpaired) electrons. The number of amides is 1. The minimum atomic E-state index is -0.849. The summed E-state index contributed by atoms with van der Waals surface area (Å²) in [5.41, 5.74) is 3.18. The first kappa shape index (κ1) is 13.5. The number of carbonyl (C=O) groups is 1. The van der Waals surface area contributed by atoms with Gasteiger partial charge in [-0.25, -0.2) is 5.43 Å². The van der Waals surface area contributed by atoms with Crippen LogP contribution in [0, 0.1) is 0 Å². The summed E-state index contributed by atoms with van der Waals surface area (Å²) in [5, 5.41) is 12.9. The van der Waals surface area contributed by atoms with Crippen LogP contribution in [0.25, 0.3) is 0 Å². The molecule has 19 heavy (non-hydrogen) atoms. The first-order chi connectivity index (χ1) is 9.07. The molecule has 1 heterocycles. The van der Waals surface area contributed by atoms with E-state index in [1.165, 1.54) is 6.21 Å². The summed E-state index contributed by atoms with van der Waals surface area (Å²) in [7, 11) is 0. The predicted octanol–water partition coefficient (Wildman–Crippen LogP) is 0.995. The van der Waals surface area contributed by atoms with Crippen molar-refractivity contribution in [2.24, 2.45) is 5.10 Å². The summed E-state index contributed by atoms with van der Waals surface area (Å²) in [6.07, 6.45) is 1.59. The molecule has 1 aliphatic heterocycles. The fourth-order valence-corrected chi connectivity index (χ4v) is 1.73. The highest BCUT2D eigenvalue weighted by molar-refractivity contribution is 5.82. The fourth-order valence-electron chi connectivity index (χ4n) is 1.73. The smallest absolute Gasteiger partial charge is 0.245 e. The number of hydrogen-bond acceptors (Lipinski definition) is 5. The maximum absolute atomic E-state index is 11.6. The predicted molar refractivity (Wildman–Crippen MR) is 68.8 cm³/mol. The molecule has 6 nitrogen and oxygen atoms in total. The second-order valence-corrected chi connectivity index (χ2v) is 4.39. The minimum absolute atomic E-state index is 0.0971. The van der Waals surface area contributed by atoms with E-state index in [2.05, 4.69) is 10.5 Å². The second kappa shape index (κ2) is 5.81. The van der Waals surface area contributed by atoms with E-state index in [4.69, 9.17) is 14.6 Å². The zero-order valence-corrected chi connectivity index (χ0v) is 10.6. The number of hydrazone groups is 1. The third-order valence-corrected chi connectivity index (χ3v) is 2.68. The third-order valence-electron chi connectivity index (χ3n) is 2.68. The average Bonchev–Trinajstić information content (AvgIpc) is 2.78. The molecule has 1 aliphatic rings. The molecule has 0 bridgehead atoms. The number of nitrogens with one attached hydrogen (secondary N) is 1. The van der Waals surface area contributed by atoms with Gasteiger partial charge < -0.3 is 14.6 Å². The lowest BCUT2D eigenvalue weighted by Crippen LogP contribution is -2.33. The van der Waals surface area contributed by atoms with Gasteiger partial charge in [-0.2, -0.15) is 5.10 Å². The van der Waals surface area contributed by atoms with Crippen LogP contribution >= 0.6 is 0 Å². The Bertz CT molecular complexity index is 464. The van der Waals surface area contributed by atoms with Crippen LogP contribution in [0.5, 0.6) is 5.75 Å². The Balaban J connectivity index is 1.81. The van der Waals surface area contributed by atoms with Crippen molar-refractivity contribution < 1.29 is 19.4 Å². The van der Waals surface area contributed by atoms with Crippen LogP contribution in [0.2, 0.25) is 0 Å². The molecule has 1 amide bonds. The molecule has 0 atom stereocenters. The van der Waals surface area contributed by atoms with Gasteiger partial charge in [0.2, 0.25) is 5.91 Å². The number of rotatable bonds is 4. The van der Waals surface area contributed by atoms with Gasteiger partial charge in [0, 0.05) is 0 Å². The molecule has 1 aromatic carbocycles. The van der Waals surface area contributed by atoms with Gasteiger partial charge in [-0.15, -0.1) is 0 Å². The van der Waals surface area contributed by atoms with Gasteiger partial charge >= 0.3 is 0 Å². The van der Waals surface area contributed by atoms with E-state index in [-0.39, 0.29) is 18.1 Å². The maximum Gasteiger partial charge on any atom is 0.245 e. The Morgan fingerprint density at radius 2 is 2.05 bits per heavy atom. The van der Waals surface area contributed by atoms with Gasteiger partial charge in [0.25, 0.3) is 0 Å². The number of nitrogens with zero attached hydrogens (tertiary/aromatic N) is 1. The Morgan fingerprint density at radius 1 is 1.42 bits per heavy atom. The Hall–Kier alpha value is -1.92. The summed E-state index contributed by atoms with van der Waals surface area (Å²) in [6.45, 7) is 2.73. The number of phenolic OH excluding ortho intramolecular Hbond substituents is 1. The molecule has 0 aromatic heterocycles. The van der Waals surface area contributed by atoms with Gasteiger partial charge in [0.15, 0.2) is 5.79 Å². The largest absolute Gasteiger partial charge is 0.508 e. The molecule has 0 unspecified atom stereocenters. The monoisotopic (exact) mass is 264 g/mol. The molecule has 1 aromatic rings. The van der Waals surface area contributed by atoms with Crippen molar-refractivity contribution in [2.75, 3.05) is 13.2 Å². The lowest BCUT2D eigenvalue weighted by atomic mass is 10.2. The summed E-state index contributed by atoms with van der Waals surface area (Å²) < 4.78 is 10.7. The van der Waals surface area contributed by atoms with Gasteiger partial charge in [-0.1, -0.05) is 0 Å². The quantitative estimate of drug-likeness (QED) is 0.628. The molecule has 1 fully saturated rings. The van der Waals surface area contributed by atoms with E-state index in [0.29, 0.717) is 13.2 Å². The van der Waals surface area contributed by atoms with Crippen LogP contribution in [-0.4, -0.2) is 36.2 Å². The molecule has 0 saturated carbocycles. The first-order valence-corrected chi connectivity index (χ1v) is 5.96. The van der Waals surface area contributed by atoms with E-state index < -0.39 is 5.79 Å². The summed E-state index contributed by atoms with van der Waals surface area (Å²) in [5.74, 6) is -0.943. The normalized spacial score (nSPS) is 17.7. The number of benzene rings is 1. The van der Waals surface area contributed by atoms with Crippen LogP contribution in [0.15, 0.2) is 29.4 Å². The Morgan fingerprint density at radius 3 is 2.68 bits per heavy atom. The highest BCUT2D eigenvalue weighted by Crippen LogP contribution is 2.22. The highest BCUT2D eigenvalue weighted by Gasteiger charge is 2.33. The molecular weight excluding hydrogens is 248 g/mol. The maximum atomic E-state index is 11.6. The van der Waals surface area contributed by atoms with Crippen molar-refractivity contribution in [3.63, 3.8) is 0 Å². The zero-order valence-electron chi connectivity index (χ0n) is 10.6. The SMILES string of the molecule is CC1(CC(=O)N/N=C\c2ccc(O)cc2)OCCO1. The Kier molecular flexibility index (Phi) is 4.13. The second-order valence-electron chi connectivity index (χ2n) is 4.39. The lowest BCUT2D eigenvalue weighted by Gasteiger charge is -2.20. The third kappa shape index (κ3) is 4.04. The molecule has 0 spiro atoms. The number of hydrogen-bond donors (Lipinski definition) is 2. The lowest BCUT2D eigenvalue weighted by molar-refractivity contribution is -0.159.